The molecule has 0 fully saturated rings. The SMILES string of the molecule is CCC(C)(C)C(=O)N(C)CCOC. The van der Waals surface area contributed by atoms with Gasteiger partial charge in [-0.3, -0.25) is 4.79 Å². The Morgan fingerprint density at radius 2 is 2.00 bits per heavy atom. The molecule has 0 aliphatic heterocycles. The predicted molar refractivity (Wildman–Crippen MR) is 53.6 cm³/mol. The number of amides is 1. The summed E-state index contributed by atoms with van der Waals surface area (Å²) in [7, 11) is 3.46. The first kappa shape index (κ1) is 12.4. The first-order valence-corrected chi connectivity index (χ1v) is 4.70. The summed E-state index contributed by atoms with van der Waals surface area (Å²) in [6.07, 6.45) is 0.864. The third kappa shape index (κ3) is 3.77. The maximum Gasteiger partial charge on any atom is 0.228 e. The van der Waals surface area contributed by atoms with Gasteiger partial charge in [0.2, 0.25) is 5.91 Å². The number of methoxy groups -OCH3 is 1. The van der Waals surface area contributed by atoms with Crippen molar-refractivity contribution in [3.63, 3.8) is 0 Å². The molecule has 0 atom stereocenters. The molecule has 78 valence electrons. The summed E-state index contributed by atoms with van der Waals surface area (Å²) in [5.41, 5.74) is -0.248. The summed E-state index contributed by atoms with van der Waals surface area (Å²) in [6.45, 7) is 7.24. The lowest BCUT2D eigenvalue weighted by Gasteiger charge is -2.28. The molecule has 0 aromatic carbocycles. The van der Waals surface area contributed by atoms with Gasteiger partial charge in [-0.25, -0.2) is 0 Å². The fourth-order valence-electron chi connectivity index (χ4n) is 0.998. The van der Waals surface area contributed by atoms with Crippen molar-refractivity contribution in [2.45, 2.75) is 27.2 Å². The van der Waals surface area contributed by atoms with Crippen LogP contribution in [0.25, 0.3) is 0 Å². The normalized spacial score (nSPS) is 11.5. The molecule has 13 heavy (non-hydrogen) atoms. The molecule has 3 nitrogen and oxygen atoms in total. The zero-order chi connectivity index (χ0) is 10.5. The lowest BCUT2D eigenvalue weighted by atomic mass is 9.89. The fraction of sp³-hybridized carbons (Fsp3) is 0.900. The van der Waals surface area contributed by atoms with E-state index in [0.29, 0.717) is 13.2 Å². The summed E-state index contributed by atoms with van der Waals surface area (Å²) in [6, 6.07) is 0. The molecule has 0 saturated heterocycles. The van der Waals surface area contributed by atoms with Gasteiger partial charge in [-0.05, 0) is 6.42 Å². The van der Waals surface area contributed by atoms with Crippen molar-refractivity contribution in [2.75, 3.05) is 27.3 Å². The molecule has 0 unspecified atom stereocenters. The fourth-order valence-corrected chi connectivity index (χ4v) is 0.998. The minimum atomic E-state index is -0.248. The van der Waals surface area contributed by atoms with E-state index in [1.54, 1.807) is 12.0 Å². The summed E-state index contributed by atoms with van der Waals surface area (Å²) in [5, 5.41) is 0. The molecule has 0 aliphatic carbocycles. The lowest BCUT2D eigenvalue weighted by molar-refractivity contribution is -0.139. The van der Waals surface area contributed by atoms with E-state index in [-0.39, 0.29) is 11.3 Å². The molecule has 0 saturated carbocycles. The highest BCUT2D eigenvalue weighted by atomic mass is 16.5. The van der Waals surface area contributed by atoms with Crippen LogP contribution in [0.15, 0.2) is 0 Å². The average Bonchev–Trinajstić information content (AvgIpc) is 2.12. The topological polar surface area (TPSA) is 29.5 Å². The summed E-state index contributed by atoms with van der Waals surface area (Å²) in [4.78, 5) is 13.5. The smallest absolute Gasteiger partial charge is 0.228 e. The molecule has 3 heteroatoms. The quantitative estimate of drug-likeness (QED) is 0.653. The maximum atomic E-state index is 11.8. The molecule has 0 bridgehead atoms. The van der Waals surface area contributed by atoms with Crippen LogP contribution in [0.5, 0.6) is 0 Å². The molecule has 1 amide bonds. The van der Waals surface area contributed by atoms with Crippen LogP contribution >= 0.6 is 0 Å². The molecule has 0 heterocycles. The zero-order valence-electron chi connectivity index (χ0n) is 9.39. The molecule has 0 N–H and O–H groups in total. The minimum absolute atomic E-state index is 0.187. The van der Waals surface area contributed by atoms with Gasteiger partial charge in [0.05, 0.1) is 6.61 Å². The molecule has 0 spiro atoms. The van der Waals surface area contributed by atoms with Gasteiger partial charge in [0.25, 0.3) is 0 Å². The van der Waals surface area contributed by atoms with Crippen molar-refractivity contribution in [1.29, 1.82) is 0 Å². The van der Waals surface area contributed by atoms with E-state index in [2.05, 4.69) is 0 Å². The Morgan fingerprint density at radius 1 is 1.46 bits per heavy atom. The third-order valence-electron chi connectivity index (χ3n) is 2.44. The van der Waals surface area contributed by atoms with E-state index in [9.17, 15) is 4.79 Å². The van der Waals surface area contributed by atoms with E-state index in [0.717, 1.165) is 6.42 Å². The highest BCUT2D eigenvalue weighted by Crippen LogP contribution is 2.21. The Balaban J connectivity index is 4.09. The Hall–Kier alpha value is -0.570. The number of hydrogen-bond acceptors (Lipinski definition) is 2. The highest BCUT2D eigenvalue weighted by molar-refractivity contribution is 5.81. The second kappa shape index (κ2) is 5.22. The van der Waals surface area contributed by atoms with E-state index in [1.807, 2.05) is 27.8 Å². The second-order valence-corrected chi connectivity index (χ2v) is 3.96. The number of carbonyl (C=O) groups is 1. The van der Waals surface area contributed by atoms with Gasteiger partial charge in [0.1, 0.15) is 0 Å². The number of rotatable bonds is 5. The van der Waals surface area contributed by atoms with Crippen LogP contribution in [-0.2, 0) is 9.53 Å². The van der Waals surface area contributed by atoms with Crippen LogP contribution in [0.1, 0.15) is 27.2 Å². The van der Waals surface area contributed by atoms with Crippen LogP contribution in [0.2, 0.25) is 0 Å². The molecule has 0 aliphatic rings. The largest absolute Gasteiger partial charge is 0.383 e. The summed E-state index contributed by atoms with van der Waals surface area (Å²) >= 11 is 0. The lowest BCUT2D eigenvalue weighted by Crippen LogP contribution is -2.39. The van der Waals surface area contributed by atoms with Gasteiger partial charge < -0.3 is 9.64 Å². The van der Waals surface area contributed by atoms with Crippen molar-refractivity contribution in [2.24, 2.45) is 5.41 Å². The summed E-state index contributed by atoms with van der Waals surface area (Å²) < 4.78 is 4.92. The van der Waals surface area contributed by atoms with Crippen LogP contribution in [0.3, 0.4) is 0 Å². The van der Waals surface area contributed by atoms with E-state index < -0.39 is 0 Å². The van der Waals surface area contributed by atoms with Crippen molar-refractivity contribution in [3.8, 4) is 0 Å². The monoisotopic (exact) mass is 187 g/mol. The Labute approximate surface area is 81.1 Å². The van der Waals surface area contributed by atoms with E-state index >= 15 is 0 Å². The van der Waals surface area contributed by atoms with Gasteiger partial charge in [-0.1, -0.05) is 20.8 Å². The second-order valence-electron chi connectivity index (χ2n) is 3.96. The van der Waals surface area contributed by atoms with Crippen LogP contribution in [0, 0.1) is 5.41 Å². The number of ether oxygens (including phenoxy) is 1. The van der Waals surface area contributed by atoms with Gasteiger partial charge in [-0.2, -0.15) is 0 Å². The van der Waals surface area contributed by atoms with Crippen LogP contribution in [-0.4, -0.2) is 38.1 Å². The van der Waals surface area contributed by atoms with Gasteiger partial charge in [-0.15, -0.1) is 0 Å². The van der Waals surface area contributed by atoms with Gasteiger partial charge in [0, 0.05) is 26.1 Å². The van der Waals surface area contributed by atoms with E-state index in [1.165, 1.54) is 0 Å². The van der Waals surface area contributed by atoms with Crippen molar-refractivity contribution in [3.05, 3.63) is 0 Å². The standard InChI is InChI=1S/C10H21NO2/c1-6-10(2,3)9(12)11(4)7-8-13-5/h6-8H2,1-5H3. The Kier molecular flexibility index (Phi) is 4.99. The maximum absolute atomic E-state index is 11.8. The van der Waals surface area contributed by atoms with Crippen LogP contribution in [0.4, 0.5) is 0 Å². The number of likely N-dealkylation sites (N-methyl/N-ethyl adjacent to an activating group) is 1. The van der Waals surface area contributed by atoms with Gasteiger partial charge >= 0.3 is 0 Å². The number of hydrogen-bond donors (Lipinski definition) is 0. The molecular weight excluding hydrogens is 166 g/mol. The third-order valence-corrected chi connectivity index (χ3v) is 2.44. The van der Waals surface area contributed by atoms with Gasteiger partial charge in [0.15, 0.2) is 0 Å². The number of carbonyl (C=O) groups excluding carboxylic acids is 1. The number of nitrogens with zero attached hydrogens (tertiary/aromatic N) is 1. The van der Waals surface area contributed by atoms with Crippen molar-refractivity contribution >= 4 is 5.91 Å². The molecular formula is C10H21NO2. The van der Waals surface area contributed by atoms with Crippen molar-refractivity contribution < 1.29 is 9.53 Å². The van der Waals surface area contributed by atoms with E-state index in [4.69, 9.17) is 4.74 Å². The first-order valence-electron chi connectivity index (χ1n) is 4.70. The zero-order valence-corrected chi connectivity index (χ0v) is 9.39. The predicted octanol–water partition coefficient (Wildman–Crippen LogP) is 1.53. The molecule has 0 rings (SSSR count). The Morgan fingerprint density at radius 3 is 2.38 bits per heavy atom. The Bertz CT molecular complexity index is 166. The van der Waals surface area contributed by atoms with Crippen molar-refractivity contribution in [1.82, 2.24) is 4.90 Å². The summed E-state index contributed by atoms with van der Waals surface area (Å²) in [5.74, 6) is 0.187. The first-order chi connectivity index (χ1) is 5.95. The average molecular weight is 187 g/mol. The minimum Gasteiger partial charge on any atom is -0.383 e. The van der Waals surface area contributed by atoms with Crippen LogP contribution < -0.4 is 0 Å². The molecule has 0 aromatic heterocycles. The molecule has 0 aromatic rings. The molecule has 0 radical (unpaired) electrons. The highest BCUT2D eigenvalue weighted by Gasteiger charge is 2.27.